The molecule has 0 saturated heterocycles. The summed E-state index contributed by atoms with van der Waals surface area (Å²) in [5, 5.41) is 13.5. The van der Waals surface area contributed by atoms with E-state index in [1.165, 1.54) is 30.9 Å². The Labute approximate surface area is 177 Å². The number of aromatic nitrogens is 4. The molecule has 0 spiro atoms. The number of hydrogen-bond acceptors (Lipinski definition) is 7. The molecule has 164 valence electrons. The lowest BCUT2D eigenvalue weighted by atomic mass is 10.2. The number of amides is 1. The minimum Gasteiger partial charge on any atom is -0.507 e. The molecule has 0 unspecified atom stereocenters. The lowest BCUT2D eigenvalue weighted by Gasteiger charge is -2.09. The van der Waals surface area contributed by atoms with Crippen LogP contribution in [0.5, 0.6) is 11.8 Å². The van der Waals surface area contributed by atoms with Crippen LogP contribution in [0.1, 0.15) is 25.3 Å². The molecule has 0 radical (unpaired) electrons. The summed E-state index contributed by atoms with van der Waals surface area (Å²) in [7, 11) is 2.94. The highest BCUT2D eigenvalue weighted by molar-refractivity contribution is 5.85. The molecule has 0 aliphatic heterocycles. The van der Waals surface area contributed by atoms with E-state index in [2.05, 4.69) is 15.5 Å². The van der Waals surface area contributed by atoms with Gasteiger partial charge in [0, 0.05) is 32.6 Å². The fraction of sp³-hybridized carbons (Fsp3) is 0.350. The third-order valence-electron chi connectivity index (χ3n) is 4.70. The van der Waals surface area contributed by atoms with Crippen LogP contribution in [-0.4, -0.2) is 42.5 Å². The van der Waals surface area contributed by atoms with Crippen molar-refractivity contribution in [1.82, 2.24) is 24.1 Å². The molecule has 0 saturated carbocycles. The van der Waals surface area contributed by atoms with E-state index in [1.807, 2.05) is 0 Å². The van der Waals surface area contributed by atoms with Crippen molar-refractivity contribution in [3.8, 4) is 11.8 Å². The zero-order valence-corrected chi connectivity index (χ0v) is 17.5. The Morgan fingerprint density at radius 1 is 1.26 bits per heavy atom. The number of ether oxygens (including phenoxy) is 1. The van der Waals surface area contributed by atoms with Crippen LogP contribution < -0.4 is 21.4 Å². The fourth-order valence-electron chi connectivity index (χ4n) is 3.10. The predicted octanol–water partition coefficient (Wildman–Crippen LogP) is 0.468. The summed E-state index contributed by atoms with van der Waals surface area (Å²) in [6, 6.07) is 6.84. The number of carbonyl (C=O) groups excluding carboxylic acids is 1. The monoisotopic (exact) mass is 428 g/mol. The maximum atomic E-state index is 12.7. The molecule has 3 rings (SSSR count). The first kappa shape index (κ1) is 21.8. The number of nitrogens with one attached hydrogen (secondary N) is 1. The summed E-state index contributed by atoms with van der Waals surface area (Å²) >= 11 is 0. The Hall–Kier alpha value is -3.89. The standard InChI is InChI=1S/C20H24N6O5/c1-4-31-19-22-17-16(18(29)25(3)20(30)24(17)2)26(19)11-7-10-15(28)23-21-12-13-8-5-6-9-14(13)27/h5-6,8-9,12,27H,4,7,10-11H2,1-3H3,(H,23,28)/b21-12+. The number of phenolic OH excluding ortho intramolecular Hbond substituents is 1. The van der Waals surface area contributed by atoms with Crippen molar-refractivity contribution in [2.45, 2.75) is 26.3 Å². The normalized spacial score (nSPS) is 11.3. The Morgan fingerprint density at radius 2 is 2.00 bits per heavy atom. The molecule has 0 atom stereocenters. The third kappa shape index (κ3) is 4.49. The number of nitrogens with zero attached hydrogens (tertiary/aromatic N) is 5. The van der Waals surface area contributed by atoms with Gasteiger partial charge in [-0.05, 0) is 25.5 Å². The van der Waals surface area contributed by atoms with Crippen molar-refractivity contribution in [3.05, 3.63) is 50.7 Å². The van der Waals surface area contributed by atoms with Crippen molar-refractivity contribution in [2.24, 2.45) is 19.2 Å². The first-order chi connectivity index (χ1) is 14.8. The SMILES string of the molecule is CCOc1nc2c(c(=O)n(C)c(=O)n2C)n1CCCC(=O)N/N=C/c1ccccc1O. The minimum atomic E-state index is -0.480. The highest BCUT2D eigenvalue weighted by atomic mass is 16.5. The number of aromatic hydroxyl groups is 1. The maximum absolute atomic E-state index is 12.7. The lowest BCUT2D eigenvalue weighted by Crippen LogP contribution is -2.37. The number of para-hydroxylation sites is 1. The van der Waals surface area contributed by atoms with Crippen LogP contribution in [0.25, 0.3) is 11.2 Å². The zero-order chi connectivity index (χ0) is 22.5. The van der Waals surface area contributed by atoms with E-state index in [1.54, 1.807) is 29.7 Å². The summed E-state index contributed by atoms with van der Waals surface area (Å²) in [5.74, 6) is -0.263. The Kier molecular flexibility index (Phi) is 6.53. The summed E-state index contributed by atoms with van der Waals surface area (Å²) in [5.41, 5.74) is 2.40. The molecular formula is C20H24N6O5. The molecule has 0 aliphatic carbocycles. The predicted molar refractivity (Wildman–Crippen MR) is 114 cm³/mol. The second-order valence-electron chi connectivity index (χ2n) is 6.81. The molecule has 11 heteroatoms. The fourth-order valence-corrected chi connectivity index (χ4v) is 3.10. The third-order valence-corrected chi connectivity index (χ3v) is 4.70. The van der Waals surface area contributed by atoms with Gasteiger partial charge in [0.15, 0.2) is 11.2 Å². The van der Waals surface area contributed by atoms with Crippen molar-refractivity contribution >= 4 is 23.3 Å². The van der Waals surface area contributed by atoms with Crippen molar-refractivity contribution < 1.29 is 14.6 Å². The van der Waals surface area contributed by atoms with Crippen molar-refractivity contribution in [1.29, 1.82) is 0 Å². The van der Waals surface area contributed by atoms with E-state index in [4.69, 9.17) is 4.74 Å². The smallest absolute Gasteiger partial charge is 0.332 e. The molecule has 2 N–H and O–H groups in total. The number of imidazole rings is 1. The van der Waals surface area contributed by atoms with Gasteiger partial charge >= 0.3 is 5.69 Å². The van der Waals surface area contributed by atoms with Gasteiger partial charge in [0.05, 0.1) is 12.8 Å². The maximum Gasteiger partial charge on any atom is 0.332 e. The second kappa shape index (κ2) is 9.28. The summed E-state index contributed by atoms with van der Waals surface area (Å²) in [4.78, 5) is 41.2. The second-order valence-corrected chi connectivity index (χ2v) is 6.81. The quantitative estimate of drug-likeness (QED) is 0.396. The molecule has 0 aliphatic rings. The van der Waals surface area contributed by atoms with E-state index in [-0.39, 0.29) is 41.8 Å². The molecule has 0 fully saturated rings. The molecule has 2 aromatic heterocycles. The van der Waals surface area contributed by atoms with Crippen LogP contribution in [-0.2, 0) is 25.4 Å². The average Bonchev–Trinajstić information content (AvgIpc) is 3.11. The first-order valence-electron chi connectivity index (χ1n) is 9.74. The van der Waals surface area contributed by atoms with Gasteiger partial charge in [-0.15, -0.1) is 0 Å². The number of hydrogen-bond donors (Lipinski definition) is 2. The van der Waals surface area contributed by atoms with Gasteiger partial charge in [0.2, 0.25) is 5.91 Å². The molecule has 11 nitrogen and oxygen atoms in total. The number of carbonyl (C=O) groups is 1. The molecule has 2 heterocycles. The Morgan fingerprint density at radius 3 is 2.71 bits per heavy atom. The average molecular weight is 428 g/mol. The van der Waals surface area contributed by atoms with Crippen LogP contribution in [0.3, 0.4) is 0 Å². The molecular weight excluding hydrogens is 404 g/mol. The van der Waals surface area contributed by atoms with Crippen LogP contribution in [0.2, 0.25) is 0 Å². The summed E-state index contributed by atoms with van der Waals surface area (Å²) in [6.45, 7) is 2.41. The Balaban J connectivity index is 1.72. The topological polar surface area (TPSA) is 133 Å². The molecule has 3 aromatic rings. The highest BCUT2D eigenvalue weighted by Gasteiger charge is 2.19. The minimum absolute atomic E-state index is 0.0620. The van der Waals surface area contributed by atoms with E-state index < -0.39 is 11.2 Å². The first-order valence-corrected chi connectivity index (χ1v) is 9.74. The van der Waals surface area contributed by atoms with Crippen LogP contribution in [0.4, 0.5) is 0 Å². The molecule has 1 amide bonds. The van der Waals surface area contributed by atoms with Gasteiger partial charge in [-0.2, -0.15) is 10.1 Å². The Bertz CT molecular complexity index is 1250. The van der Waals surface area contributed by atoms with Crippen LogP contribution in [0, 0.1) is 0 Å². The number of aryl methyl sites for hydroxylation is 2. The molecule has 31 heavy (non-hydrogen) atoms. The van der Waals surface area contributed by atoms with Crippen LogP contribution >= 0.6 is 0 Å². The van der Waals surface area contributed by atoms with E-state index in [0.717, 1.165) is 4.57 Å². The van der Waals surface area contributed by atoms with E-state index >= 15 is 0 Å². The summed E-state index contributed by atoms with van der Waals surface area (Å²) in [6.07, 6.45) is 1.87. The van der Waals surface area contributed by atoms with Gasteiger partial charge in [-0.25, -0.2) is 10.2 Å². The van der Waals surface area contributed by atoms with Crippen molar-refractivity contribution in [3.63, 3.8) is 0 Å². The van der Waals surface area contributed by atoms with Gasteiger partial charge in [-0.3, -0.25) is 23.3 Å². The van der Waals surface area contributed by atoms with Gasteiger partial charge in [0.25, 0.3) is 11.6 Å². The number of fused-ring (bicyclic) bond motifs is 1. The van der Waals surface area contributed by atoms with E-state index in [9.17, 15) is 19.5 Å². The number of phenols is 1. The zero-order valence-electron chi connectivity index (χ0n) is 17.5. The molecule has 1 aromatic carbocycles. The largest absolute Gasteiger partial charge is 0.507 e. The van der Waals surface area contributed by atoms with Crippen molar-refractivity contribution in [2.75, 3.05) is 6.61 Å². The number of rotatable bonds is 8. The van der Waals surface area contributed by atoms with E-state index in [0.29, 0.717) is 18.6 Å². The van der Waals surface area contributed by atoms with Gasteiger partial charge in [-0.1, -0.05) is 12.1 Å². The number of hydrazone groups is 1. The highest BCUT2D eigenvalue weighted by Crippen LogP contribution is 2.18. The number of benzene rings is 1. The molecule has 0 bridgehead atoms. The lowest BCUT2D eigenvalue weighted by molar-refractivity contribution is -0.121. The van der Waals surface area contributed by atoms with Gasteiger partial charge in [0.1, 0.15) is 5.75 Å². The van der Waals surface area contributed by atoms with Gasteiger partial charge < -0.3 is 9.84 Å². The van der Waals surface area contributed by atoms with Crippen LogP contribution in [0.15, 0.2) is 39.0 Å². The summed E-state index contributed by atoms with van der Waals surface area (Å²) < 4.78 is 9.42.